The molecule has 186 valence electrons. The third-order valence-electron chi connectivity index (χ3n) is 7.87. The summed E-state index contributed by atoms with van der Waals surface area (Å²) in [4.78, 5) is 39.9. The molecule has 0 bridgehead atoms. The van der Waals surface area contributed by atoms with E-state index in [0.717, 1.165) is 22.3 Å². The number of nitrogens with one attached hydrogen (secondary N) is 1. The Morgan fingerprint density at radius 2 is 1.60 bits per heavy atom. The number of nitrogens with zero attached hydrogens (tertiary/aromatic N) is 1. The summed E-state index contributed by atoms with van der Waals surface area (Å²) in [5.74, 6) is -1.80. The van der Waals surface area contributed by atoms with Crippen LogP contribution in [-0.4, -0.2) is 52.7 Å². The maximum absolute atomic E-state index is 13.6. The van der Waals surface area contributed by atoms with Crippen molar-refractivity contribution in [3.8, 4) is 11.1 Å². The molecule has 1 aliphatic heterocycles. The van der Waals surface area contributed by atoms with E-state index in [-0.39, 0.29) is 18.4 Å². The smallest absolute Gasteiger partial charge is 0.408 e. The van der Waals surface area contributed by atoms with E-state index in [1.807, 2.05) is 38.1 Å². The largest absolute Gasteiger partial charge is 0.481 e. The number of hydrogen-bond donors (Lipinski definition) is 2. The summed E-state index contributed by atoms with van der Waals surface area (Å²) in [5, 5.41) is 12.4. The van der Waals surface area contributed by atoms with E-state index < -0.39 is 29.6 Å². The summed E-state index contributed by atoms with van der Waals surface area (Å²) >= 11 is 0. The van der Waals surface area contributed by atoms with E-state index >= 15 is 0 Å². The van der Waals surface area contributed by atoms with Crippen molar-refractivity contribution in [2.24, 2.45) is 5.92 Å². The van der Waals surface area contributed by atoms with Crippen molar-refractivity contribution < 1.29 is 24.2 Å². The zero-order valence-electron chi connectivity index (χ0n) is 20.6. The normalized spacial score (nSPS) is 19.6. The quantitative estimate of drug-likeness (QED) is 0.596. The molecule has 7 nitrogen and oxygen atoms in total. The molecular weight excluding hydrogens is 444 g/mol. The molecule has 1 fully saturated rings. The lowest BCUT2D eigenvalue weighted by Gasteiger charge is -2.43. The van der Waals surface area contributed by atoms with E-state index in [9.17, 15) is 19.5 Å². The Morgan fingerprint density at radius 3 is 2.14 bits per heavy atom. The fraction of sp³-hybridized carbons (Fsp3) is 0.464. The fourth-order valence-corrected chi connectivity index (χ4v) is 5.65. The van der Waals surface area contributed by atoms with Crippen LogP contribution in [0.1, 0.15) is 63.5 Å². The molecular formula is C28H34N2O5. The van der Waals surface area contributed by atoms with Crippen molar-refractivity contribution in [3.63, 3.8) is 0 Å². The van der Waals surface area contributed by atoms with Gasteiger partial charge in [-0.3, -0.25) is 9.59 Å². The van der Waals surface area contributed by atoms with Gasteiger partial charge in [0.2, 0.25) is 5.91 Å². The topological polar surface area (TPSA) is 95.9 Å². The van der Waals surface area contributed by atoms with Gasteiger partial charge in [-0.2, -0.15) is 0 Å². The van der Waals surface area contributed by atoms with Gasteiger partial charge in [0, 0.05) is 18.5 Å². The van der Waals surface area contributed by atoms with Gasteiger partial charge >= 0.3 is 12.1 Å². The minimum atomic E-state index is -1.14. The second-order valence-corrected chi connectivity index (χ2v) is 9.57. The van der Waals surface area contributed by atoms with Crippen LogP contribution in [0.3, 0.4) is 0 Å². The lowest BCUT2D eigenvalue weighted by atomic mass is 9.85. The first-order chi connectivity index (χ1) is 16.8. The third-order valence-corrected chi connectivity index (χ3v) is 7.87. The molecule has 0 saturated carbocycles. The predicted molar refractivity (Wildman–Crippen MR) is 133 cm³/mol. The molecule has 2 aliphatic rings. The van der Waals surface area contributed by atoms with Gasteiger partial charge in [0.25, 0.3) is 0 Å². The number of carbonyl (C=O) groups is 3. The number of hydrogen-bond acceptors (Lipinski definition) is 4. The molecule has 1 aliphatic carbocycles. The number of carboxylic acids is 1. The first-order valence-corrected chi connectivity index (χ1v) is 12.5. The van der Waals surface area contributed by atoms with Crippen LogP contribution in [0, 0.1) is 5.92 Å². The number of benzene rings is 2. The number of carboxylic acid groups (broad SMARTS) is 1. The Labute approximate surface area is 206 Å². The molecule has 0 unspecified atom stereocenters. The van der Waals surface area contributed by atoms with Crippen molar-refractivity contribution in [1.82, 2.24) is 10.2 Å². The highest BCUT2D eigenvalue weighted by atomic mass is 16.5. The number of carbonyl (C=O) groups excluding carboxylic acids is 2. The number of piperidine rings is 1. The number of fused-ring (bicyclic) bond motifs is 3. The lowest BCUT2D eigenvalue weighted by Crippen LogP contribution is -2.63. The van der Waals surface area contributed by atoms with Crippen LogP contribution in [0.15, 0.2) is 48.5 Å². The molecule has 0 radical (unpaired) electrons. The summed E-state index contributed by atoms with van der Waals surface area (Å²) in [5.41, 5.74) is 3.40. The molecule has 2 atom stereocenters. The molecule has 0 aromatic heterocycles. The molecule has 2 aromatic rings. The van der Waals surface area contributed by atoms with Gasteiger partial charge in [0.15, 0.2) is 0 Å². The third kappa shape index (κ3) is 4.51. The highest BCUT2D eigenvalue weighted by molar-refractivity contribution is 5.91. The molecule has 1 heterocycles. The van der Waals surface area contributed by atoms with Crippen molar-refractivity contribution in [2.75, 3.05) is 13.2 Å². The molecule has 1 saturated heterocycles. The Morgan fingerprint density at radius 1 is 1.03 bits per heavy atom. The number of alkyl carbamates (subject to hydrolysis) is 1. The van der Waals surface area contributed by atoms with Crippen molar-refractivity contribution in [1.29, 1.82) is 0 Å². The van der Waals surface area contributed by atoms with Crippen LogP contribution in [0.4, 0.5) is 4.79 Å². The summed E-state index contributed by atoms with van der Waals surface area (Å²) < 4.78 is 5.71. The van der Waals surface area contributed by atoms with Crippen molar-refractivity contribution in [2.45, 2.75) is 64.0 Å². The van der Waals surface area contributed by atoms with Crippen molar-refractivity contribution >= 4 is 18.0 Å². The van der Waals surface area contributed by atoms with Crippen LogP contribution in [0.25, 0.3) is 11.1 Å². The Balaban J connectivity index is 1.48. The van der Waals surface area contributed by atoms with Crippen LogP contribution >= 0.6 is 0 Å². The van der Waals surface area contributed by atoms with Gasteiger partial charge in [-0.1, -0.05) is 62.4 Å². The summed E-state index contributed by atoms with van der Waals surface area (Å²) in [6.45, 7) is 6.14. The van der Waals surface area contributed by atoms with E-state index in [1.165, 1.54) is 0 Å². The standard InChI is InChI=1S/C28H34N2O5/c1-4-28(5-2,26(33)30-16-10-15-19(18(30)3)25(31)32)29-27(34)35-17-24-22-13-8-6-11-20(22)21-12-7-9-14-23(21)24/h6-9,11-14,18-19,24H,4-5,10,15-17H2,1-3H3,(H,29,34)(H,31,32)/t18-,19-/m0/s1. The van der Waals surface area contributed by atoms with Gasteiger partial charge in [-0.25, -0.2) is 4.79 Å². The highest BCUT2D eigenvalue weighted by Gasteiger charge is 2.45. The number of ether oxygens (including phenoxy) is 1. The fourth-order valence-electron chi connectivity index (χ4n) is 5.65. The van der Waals surface area contributed by atoms with Crippen LogP contribution < -0.4 is 5.32 Å². The first kappa shape index (κ1) is 24.8. The number of likely N-dealkylation sites (tertiary alicyclic amines) is 1. The Kier molecular flexibility index (Phi) is 7.15. The van der Waals surface area contributed by atoms with Gasteiger partial charge in [0.1, 0.15) is 12.1 Å². The van der Waals surface area contributed by atoms with E-state index in [0.29, 0.717) is 32.2 Å². The van der Waals surface area contributed by atoms with E-state index in [1.54, 1.807) is 11.8 Å². The van der Waals surface area contributed by atoms with Crippen molar-refractivity contribution in [3.05, 3.63) is 59.7 Å². The maximum atomic E-state index is 13.6. The molecule has 2 amide bonds. The molecule has 2 N–H and O–H groups in total. The zero-order chi connectivity index (χ0) is 25.2. The second kappa shape index (κ2) is 10.1. The van der Waals surface area contributed by atoms with Crippen LogP contribution in [0.5, 0.6) is 0 Å². The summed E-state index contributed by atoms with van der Waals surface area (Å²) in [7, 11) is 0. The minimum Gasteiger partial charge on any atom is -0.481 e. The monoisotopic (exact) mass is 478 g/mol. The molecule has 4 rings (SSSR count). The first-order valence-electron chi connectivity index (χ1n) is 12.5. The summed E-state index contributed by atoms with van der Waals surface area (Å²) in [6.07, 6.45) is 1.30. The number of amides is 2. The second-order valence-electron chi connectivity index (χ2n) is 9.57. The Hall–Kier alpha value is -3.35. The zero-order valence-corrected chi connectivity index (χ0v) is 20.6. The number of aliphatic carboxylic acids is 1. The van der Waals surface area contributed by atoms with Gasteiger partial charge in [0.05, 0.1) is 5.92 Å². The number of rotatable bonds is 7. The van der Waals surface area contributed by atoms with Crippen LogP contribution in [-0.2, 0) is 14.3 Å². The SMILES string of the molecule is CCC(CC)(NC(=O)OCC1c2ccccc2-c2ccccc21)C(=O)N1CCC[C@H](C(=O)O)[C@@H]1C. The van der Waals surface area contributed by atoms with Gasteiger partial charge in [-0.15, -0.1) is 0 Å². The predicted octanol–water partition coefficient (Wildman–Crippen LogP) is 4.80. The average Bonchev–Trinajstić information content (AvgIpc) is 3.19. The molecule has 7 heteroatoms. The maximum Gasteiger partial charge on any atom is 0.408 e. The molecule has 35 heavy (non-hydrogen) atoms. The van der Waals surface area contributed by atoms with E-state index in [4.69, 9.17) is 4.74 Å². The Bertz CT molecular complexity index is 1060. The van der Waals surface area contributed by atoms with E-state index in [2.05, 4.69) is 29.6 Å². The van der Waals surface area contributed by atoms with Crippen LogP contribution in [0.2, 0.25) is 0 Å². The lowest BCUT2D eigenvalue weighted by molar-refractivity contribution is -0.152. The van der Waals surface area contributed by atoms with Gasteiger partial charge < -0.3 is 20.1 Å². The molecule has 2 aromatic carbocycles. The average molecular weight is 479 g/mol. The highest BCUT2D eigenvalue weighted by Crippen LogP contribution is 2.44. The molecule has 0 spiro atoms. The minimum absolute atomic E-state index is 0.0695. The van der Waals surface area contributed by atoms with Gasteiger partial charge in [-0.05, 0) is 54.9 Å². The summed E-state index contributed by atoms with van der Waals surface area (Å²) in [6, 6.07) is 15.8.